The summed E-state index contributed by atoms with van der Waals surface area (Å²) in [7, 11) is 0. The Balaban J connectivity index is 2.34. The van der Waals surface area contributed by atoms with E-state index in [2.05, 4.69) is 9.97 Å². The minimum Gasteiger partial charge on any atom is -0.481 e. The Morgan fingerprint density at radius 3 is 2.70 bits per heavy atom. The van der Waals surface area contributed by atoms with Crippen LogP contribution in [0.1, 0.15) is 22.5 Å². The van der Waals surface area contributed by atoms with Gasteiger partial charge in [-0.2, -0.15) is 0 Å². The summed E-state index contributed by atoms with van der Waals surface area (Å²) in [6.07, 6.45) is 0.0122. The summed E-state index contributed by atoms with van der Waals surface area (Å²) in [5.74, 6) is -0.716. The Morgan fingerprint density at radius 1 is 1.40 bits per heavy atom. The van der Waals surface area contributed by atoms with Crippen molar-refractivity contribution in [3.63, 3.8) is 0 Å². The smallest absolute Gasteiger partial charge is 0.308 e. The number of carbonyl (C=O) groups is 1. The third kappa shape index (κ3) is 3.03. The molecule has 20 heavy (non-hydrogen) atoms. The van der Waals surface area contributed by atoms with Crippen LogP contribution in [0.2, 0.25) is 0 Å². The lowest BCUT2D eigenvalue weighted by Crippen LogP contribution is -2.22. The maximum Gasteiger partial charge on any atom is 0.308 e. The first kappa shape index (κ1) is 13.8. The van der Waals surface area contributed by atoms with Crippen molar-refractivity contribution in [3.8, 4) is 0 Å². The van der Waals surface area contributed by atoms with Crippen molar-refractivity contribution in [2.75, 3.05) is 5.73 Å². The van der Waals surface area contributed by atoms with Crippen molar-refractivity contribution < 1.29 is 9.90 Å². The summed E-state index contributed by atoms with van der Waals surface area (Å²) in [6.45, 7) is 1.97. The lowest BCUT2D eigenvalue weighted by molar-refractivity contribution is -0.136. The van der Waals surface area contributed by atoms with Crippen molar-refractivity contribution in [2.45, 2.75) is 19.8 Å². The van der Waals surface area contributed by atoms with Crippen molar-refractivity contribution in [1.82, 2.24) is 9.97 Å². The molecular formula is C14H15N3O3. The Bertz CT molecular complexity index is 707. The molecule has 0 aliphatic rings. The minimum absolute atomic E-state index is 0.00830. The summed E-state index contributed by atoms with van der Waals surface area (Å²) in [6, 6.07) is 7.74. The second-order valence-electron chi connectivity index (χ2n) is 4.55. The molecule has 6 nitrogen and oxygen atoms in total. The van der Waals surface area contributed by atoms with Gasteiger partial charge in [0.1, 0.15) is 11.6 Å². The fraction of sp³-hybridized carbons (Fsp3) is 0.214. The van der Waals surface area contributed by atoms with E-state index in [0.29, 0.717) is 12.2 Å². The zero-order chi connectivity index (χ0) is 14.7. The third-order valence-corrected chi connectivity index (χ3v) is 3.04. The summed E-state index contributed by atoms with van der Waals surface area (Å²) in [4.78, 5) is 29.2. The summed E-state index contributed by atoms with van der Waals surface area (Å²) in [5, 5.41) is 8.72. The van der Waals surface area contributed by atoms with E-state index in [-0.39, 0.29) is 11.4 Å². The normalized spacial score (nSPS) is 10.4. The molecule has 0 atom stereocenters. The molecule has 0 amide bonds. The van der Waals surface area contributed by atoms with Crippen LogP contribution >= 0.6 is 0 Å². The van der Waals surface area contributed by atoms with Gasteiger partial charge in [-0.1, -0.05) is 24.3 Å². The first-order chi connectivity index (χ1) is 9.47. The molecule has 6 heteroatoms. The second kappa shape index (κ2) is 5.56. The summed E-state index contributed by atoms with van der Waals surface area (Å²) in [5.41, 5.74) is 7.28. The molecule has 0 bridgehead atoms. The van der Waals surface area contributed by atoms with Crippen molar-refractivity contribution in [3.05, 3.63) is 57.1 Å². The fourth-order valence-electron chi connectivity index (χ4n) is 1.96. The highest BCUT2D eigenvalue weighted by Gasteiger charge is 2.13. The zero-order valence-corrected chi connectivity index (χ0v) is 11.0. The number of carboxylic acid groups (broad SMARTS) is 1. The summed E-state index contributed by atoms with van der Waals surface area (Å²) >= 11 is 0. The molecule has 0 aliphatic carbocycles. The highest BCUT2D eigenvalue weighted by molar-refractivity contribution is 5.71. The molecule has 1 aromatic carbocycles. The molecular weight excluding hydrogens is 258 g/mol. The van der Waals surface area contributed by atoms with Gasteiger partial charge in [0.05, 0.1) is 12.0 Å². The molecule has 0 saturated carbocycles. The number of hydrogen-bond acceptors (Lipinski definition) is 4. The standard InChI is InChI=1S/C14H15N3O3/c1-8-4-2-3-5-9(8)6-11-16-13(15)10(7-12(18)19)14(20)17-11/h2-5H,6-7H2,1H3,(H,18,19)(H3,15,16,17,20). The number of H-pyrrole nitrogens is 1. The molecule has 0 spiro atoms. The van der Waals surface area contributed by atoms with Crippen LogP contribution in [0.25, 0.3) is 0 Å². The van der Waals surface area contributed by atoms with Gasteiger partial charge in [0, 0.05) is 6.42 Å². The van der Waals surface area contributed by atoms with Gasteiger partial charge in [-0.15, -0.1) is 0 Å². The van der Waals surface area contributed by atoms with E-state index in [0.717, 1.165) is 11.1 Å². The van der Waals surface area contributed by atoms with E-state index < -0.39 is 17.9 Å². The molecule has 0 unspecified atom stereocenters. The molecule has 1 aromatic heterocycles. The predicted octanol–water partition coefficient (Wildman–Crippen LogP) is 0.878. The van der Waals surface area contributed by atoms with E-state index in [4.69, 9.17) is 10.8 Å². The number of aliphatic carboxylic acids is 1. The van der Waals surface area contributed by atoms with Crippen LogP contribution in [0.15, 0.2) is 29.1 Å². The van der Waals surface area contributed by atoms with Gasteiger partial charge in [-0.3, -0.25) is 9.59 Å². The Labute approximate surface area is 115 Å². The molecule has 0 saturated heterocycles. The first-order valence-electron chi connectivity index (χ1n) is 6.11. The van der Waals surface area contributed by atoms with Crippen LogP contribution in [0.5, 0.6) is 0 Å². The number of nitrogens with two attached hydrogens (primary N) is 1. The average molecular weight is 273 g/mol. The third-order valence-electron chi connectivity index (χ3n) is 3.04. The number of benzene rings is 1. The minimum atomic E-state index is -1.12. The van der Waals surface area contributed by atoms with E-state index in [1.165, 1.54) is 0 Å². The van der Waals surface area contributed by atoms with E-state index >= 15 is 0 Å². The number of carboxylic acids is 1. The molecule has 0 radical (unpaired) electrons. The average Bonchev–Trinajstić information content (AvgIpc) is 2.36. The monoisotopic (exact) mass is 273 g/mol. The Hall–Kier alpha value is -2.63. The van der Waals surface area contributed by atoms with Crippen molar-refractivity contribution >= 4 is 11.8 Å². The number of anilines is 1. The number of aryl methyl sites for hydroxylation is 1. The quantitative estimate of drug-likeness (QED) is 0.766. The van der Waals surface area contributed by atoms with Gasteiger partial charge < -0.3 is 15.8 Å². The van der Waals surface area contributed by atoms with Gasteiger partial charge in [0.2, 0.25) is 0 Å². The van der Waals surface area contributed by atoms with E-state index in [1.54, 1.807) is 0 Å². The topological polar surface area (TPSA) is 109 Å². The lowest BCUT2D eigenvalue weighted by Gasteiger charge is -2.07. The van der Waals surface area contributed by atoms with Crippen LogP contribution in [0.3, 0.4) is 0 Å². The van der Waals surface area contributed by atoms with Crippen LogP contribution in [0.4, 0.5) is 5.82 Å². The van der Waals surface area contributed by atoms with Crippen LogP contribution < -0.4 is 11.3 Å². The van der Waals surface area contributed by atoms with Crippen LogP contribution in [-0.4, -0.2) is 21.0 Å². The number of nitrogens with one attached hydrogen (secondary N) is 1. The Kier molecular flexibility index (Phi) is 3.84. The number of hydrogen-bond donors (Lipinski definition) is 3. The number of aromatic nitrogens is 2. The maximum absolute atomic E-state index is 11.8. The first-order valence-corrected chi connectivity index (χ1v) is 6.11. The summed E-state index contributed by atoms with van der Waals surface area (Å²) < 4.78 is 0. The lowest BCUT2D eigenvalue weighted by atomic mass is 10.1. The maximum atomic E-state index is 11.8. The van der Waals surface area contributed by atoms with Gasteiger partial charge in [0.15, 0.2) is 0 Å². The van der Waals surface area contributed by atoms with Gasteiger partial charge in [-0.25, -0.2) is 4.98 Å². The highest BCUT2D eigenvalue weighted by atomic mass is 16.4. The highest BCUT2D eigenvalue weighted by Crippen LogP contribution is 2.12. The van der Waals surface area contributed by atoms with Gasteiger partial charge in [0.25, 0.3) is 5.56 Å². The zero-order valence-electron chi connectivity index (χ0n) is 11.0. The number of nitrogens with zero attached hydrogens (tertiary/aromatic N) is 1. The fourth-order valence-corrected chi connectivity index (χ4v) is 1.96. The Morgan fingerprint density at radius 2 is 2.10 bits per heavy atom. The van der Waals surface area contributed by atoms with Crippen molar-refractivity contribution in [1.29, 1.82) is 0 Å². The molecule has 0 aliphatic heterocycles. The number of rotatable bonds is 4. The SMILES string of the molecule is Cc1ccccc1Cc1nc(N)c(CC(=O)O)c(=O)[nH]1. The van der Waals surface area contributed by atoms with E-state index in [9.17, 15) is 9.59 Å². The van der Waals surface area contributed by atoms with Gasteiger partial charge in [-0.05, 0) is 18.1 Å². The molecule has 2 rings (SSSR count). The van der Waals surface area contributed by atoms with Crippen LogP contribution in [0, 0.1) is 6.92 Å². The van der Waals surface area contributed by atoms with Crippen molar-refractivity contribution in [2.24, 2.45) is 0 Å². The molecule has 2 aromatic rings. The number of nitrogen functional groups attached to an aromatic ring is 1. The van der Waals surface area contributed by atoms with Gasteiger partial charge >= 0.3 is 5.97 Å². The molecule has 4 N–H and O–H groups in total. The second-order valence-corrected chi connectivity index (χ2v) is 4.55. The molecule has 104 valence electrons. The molecule has 0 fully saturated rings. The van der Waals surface area contributed by atoms with Crippen LogP contribution in [-0.2, 0) is 17.6 Å². The largest absolute Gasteiger partial charge is 0.481 e. The van der Waals surface area contributed by atoms with E-state index in [1.807, 2.05) is 31.2 Å². The predicted molar refractivity (Wildman–Crippen MR) is 74.6 cm³/mol. The molecule has 1 heterocycles. The number of aromatic amines is 1.